The molecule has 5 rings (SSSR count). The molecule has 0 amide bonds. The molecule has 4 aliphatic rings. The Labute approximate surface area is 175 Å². The molecule has 1 saturated heterocycles. The normalized spacial score (nSPS) is 34.6. The van der Waals surface area contributed by atoms with Gasteiger partial charge in [-0.3, -0.25) is 0 Å². The van der Waals surface area contributed by atoms with Crippen LogP contribution in [-0.2, 0) is 10.3 Å². The van der Waals surface area contributed by atoms with Crippen LogP contribution in [0.2, 0.25) is 0 Å². The lowest BCUT2D eigenvalue weighted by atomic mass is 9.77. The minimum atomic E-state index is -0.760. The van der Waals surface area contributed by atoms with Crippen molar-refractivity contribution in [1.29, 1.82) is 0 Å². The number of unbranched alkanes of at least 4 members (excludes halogenated alkanes) is 1. The van der Waals surface area contributed by atoms with Crippen LogP contribution in [-0.4, -0.2) is 57.3 Å². The summed E-state index contributed by atoms with van der Waals surface area (Å²) < 4.78 is 8.54. The molecule has 0 radical (unpaired) electrons. The van der Waals surface area contributed by atoms with Gasteiger partial charge in [0, 0.05) is 19.7 Å². The number of hydrogen-bond acceptors (Lipinski definition) is 5. The zero-order valence-electron chi connectivity index (χ0n) is 18.0. The van der Waals surface area contributed by atoms with Gasteiger partial charge in [0.15, 0.2) is 0 Å². The molecule has 1 aliphatic heterocycles. The van der Waals surface area contributed by atoms with E-state index in [1.807, 2.05) is 10.9 Å². The summed E-state index contributed by atoms with van der Waals surface area (Å²) in [5.74, 6) is 2.28. The third-order valence-corrected chi connectivity index (χ3v) is 7.99. The van der Waals surface area contributed by atoms with Crippen molar-refractivity contribution in [3.8, 4) is 0 Å². The third-order valence-electron chi connectivity index (χ3n) is 7.99. The predicted octanol–water partition coefficient (Wildman–Crippen LogP) is 3.52. The van der Waals surface area contributed by atoms with Crippen LogP contribution >= 0.6 is 0 Å². The first-order valence-electron chi connectivity index (χ1n) is 12.1. The Kier molecular flexibility index (Phi) is 5.69. The monoisotopic (exact) mass is 402 g/mol. The van der Waals surface area contributed by atoms with E-state index in [-0.39, 0.29) is 12.1 Å². The number of fused-ring (bicyclic) bond motifs is 1. The zero-order valence-corrected chi connectivity index (χ0v) is 18.0. The molecule has 0 unspecified atom stereocenters. The van der Waals surface area contributed by atoms with Crippen molar-refractivity contribution in [1.82, 2.24) is 19.9 Å². The molecular formula is C23H38N4O2. The Morgan fingerprint density at radius 1 is 1.17 bits per heavy atom. The number of ether oxygens (including phenoxy) is 1. The highest BCUT2D eigenvalue weighted by molar-refractivity contribution is 5.10. The van der Waals surface area contributed by atoms with Crippen LogP contribution in [0.1, 0.15) is 82.9 Å². The van der Waals surface area contributed by atoms with E-state index in [2.05, 4.69) is 22.1 Å². The second-order valence-electron chi connectivity index (χ2n) is 10.3. The van der Waals surface area contributed by atoms with Crippen LogP contribution in [0.5, 0.6) is 0 Å². The summed E-state index contributed by atoms with van der Waals surface area (Å²) in [5, 5.41) is 19.9. The van der Waals surface area contributed by atoms with E-state index >= 15 is 0 Å². The van der Waals surface area contributed by atoms with Gasteiger partial charge in [-0.2, -0.15) is 0 Å². The molecule has 162 valence electrons. The summed E-state index contributed by atoms with van der Waals surface area (Å²) in [6, 6.07) is 0.257. The maximum atomic E-state index is 10.9. The minimum Gasteiger partial charge on any atom is -0.383 e. The second kappa shape index (κ2) is 8.27. The fourth-order valence-corrected chi connectivity index (χ4v) is 5.92. The molecule has 1 aromatic rings. The van der Waals surface area contributed by atoms with E-state index in [0.717, 1.165) is 68.6 Å². The van der Waals surface area contributed by atoms with Gasteiger partial charge in [0.2, 0.25) is 0 Å². The average Bonchev–Trinajstić information content (AvgIpc) is 3.10. The van der Waals surface area contributed by atoms with Crippen molar-refractivity contribution in [3.05, 3.63) is 11.9 Å². The highest BCUT2D eigenvalue weighted by atomic mass is 16.5. The molecule has 0 bridgehead atoms. The first kappa shape index (κ1) is 20.0. The SMILES string of the molecule is CCCCN1C[C@H]2C[C@@H](n3cc(C4(O)CCCC4)nn3)[C@H](OCC3CC3)C[C@H]2C1. The number of nitrogens with zero attached hydrogens (tertiary/aromatic N) is 4. The molecule has 4 atom stereocenters. The van der Waals surface area contributed by atoms with E-state index in [1.165, 1.54) is 45.3 Å². The summed E-state index contributed by atoms with van der Waals surface area (Å²) in [4.78, 5) is 2.67. The van der Waals surface area contributed by atoms with Crippen molar-refractivity contribution in [2.24, 2.45) is 17.8 Å². The zero-order chi connectivity index (χ0) is 19.8. The van der Waals surface area contributed by atoms with Crippen LogP contribution in [0.4, 0.5) is 0 Å². The summed E-state index contributed by atoms with van der Waals surface area (Å²) in [7, 11) is 0. The molecule has 6 nitrogen and oxygen atoms in total. The lowest BCUT2D eigenvalue weighted by Crippen LogP contribution is -2.38. The van der Waals surface area contributed by atoms with Crippen molar-refractivity contribution in [2.75, 3.05) is 26.2 Å². The number of hydrogen-bond donors (Lipinski definition) is 1. The predicted molar refractivity (Wildman–Crippen MR) is 111 cm³/mol. The smallest absolute Gasteiger partial charge is 0.114 e. The molecule has 29 heavy (non-hydrogen) atoms. The topological polar surface area (TPSA) is 63.4 Å². The molecule has 4 fully saturated rings. The Hall–Kier alpha value is -0.980. The molecule has 6 heteroatoms. The molecule has 0 aromatic carbocycles. The summed E-state index contributed by atoms with van der Waals surface area (Å²) >= 11 is 0. The fourth-order valence-electron chi connectivity index (χ4n) is 5.92. The van der Waals surface area contributed by atoms with Gasteiger partial charge in [0.25, 0.3) is 0 Å². The van der Waals surface area contributed by atoms with Crippen LogP contribution in [0.3, 0.4) is 0 Å². The summed E-state index contributed by atoms with van der Waals surface area (Å²) in [5.41, 5.74) is 0.0125. The highest BCUT2D eigenvalue weighted by Gasteiger charge is 2.45. The van der Waals surface area contributed by atoms with E-state index in [1.54, 1.807) is 0 Å². The number of likely N-dealkylation sites (tertiary alicyclic amines) is 1. The fraction of sp³-hybridized carbons (Fsp3) is 0.913. The lowest BCUT2D eigenvalue weighted by molar-refractivity contribution is -0.0376. The van der Waals surface area contributed by atoms with Gasteiger partial charge in [-0.25, -0.2) is 4.68 Å². The van der Waals surface area contributed by atoms with E-state index in [9.17, 15) is 5.11 Å². The van der Waals surface area contributed by atoms with Gasteiger partial charge < -0.3 is 14.7 Å². The van der Waals surface area contributed by atoms with Crippen LogP contribution in [0.15, 0.2) is 6.20 Å². The molecule has 3 aliphatic carbocycles. The molecule has 1 N–H and O–H groups in total. The molecule has 3 saturated carbocycles. The van der Waals surface area contributed by atoms with Crippen molar-refractivity contribution < 1.29 is 9.84 Å². The molecule has 2 heterocycles. The van der Waals surface area contributed by atoms with Crippen molar-refractivity contribution in [2.45, 2.75) is 88.9 Å². The van der Waals surface area contributed by atoms with Gasteiger partial charge in [-0.05, 0) is 69.2 Å². The molecular weight excluding hydrogens is 364 g/mol. The van der Waals surface area contributed by atoms with Crippen LogP contribution < -0.4 is 0 Å². The molecule has 1 aromatic heterocycles. The third kappa shape index (κ3) is 4.26. The minimum absolute atomic E-state index is 0.232. The number of rotatable bonds is 8. The highest BCUT2D eigenvalue weighted by Crippen LogP contribution is 2.44. The Morgan fingerprint density at radius 3 is 2.66 bits per heavy atom. The largest absolute Gasteiger partial charge is 0.383 e. The first-order valence-corrected chi connectivity index (χ1v) is 12.1. The maximum absolute atomic E-state index is 10.9. The lowest BCUT2D eigenvalue weighted by Gasteiger charge is -2.37. The van der Waals surface area contributed by atoms with Crippen LogP contribution in [0, 0.1) is 17.8 Å². The van der Waals surface area contributed by atoms with E-state index in [0.29, 0.717) is 0 Å². The number of aromatic nitrogens is 3. The van der Waals surface area contributed by atoms with E-state index < -0.39 is 5.60 Å². The van der Waals surface area contributed by atoms with Gasteiger partial charge in [0.1, 0.15) is 11.3 Å². The van der Waals surface area contributed by atoms with Crippen LogP contribution in [0.25, 0.3) is 0 Å². The first-order chi connectivity index (χ1) is 14.1. The summed E-state index contributed by atoms with van der Waals surface area (Å²) in [6.45, 7) is 6.89. The Morgan fingerprint density at radius 2 is 1.93 bits per heavy atom. The van der Waals surface area contributed by atoms with Gasteiger partial charge in [0.05, 0.1) is 18.3 Å². The molecule has 0 spiro atoms. The maximum Gasteiger partial charge on any atom is 0.114 e. The summed E-state index contributed by atoms with van der Waals surface area (Å²) in [6.07, 6.45) is 13.6. The quantitative estimate of drug-likeness (QED) is 0.721. The number of aliphatic hydroxyl groups is 1. The van der Waals surface area contributed by atoms with Gasteiger partial charge in [-0.1, -0.05) is 31.4 Å². The average molecular weight is 403 g/mol. The van der Waals surface area contributed by atoms with E-state index in [4.69, 9.17) is 4.74 Å². The van der Waals surface area contributed by atoms with Gasteiger partial charge in [-0.15, -0.1) is 5.10 Å². The van der Waals surface area contributed by atoms with Crippen molar-refractivity contribution >= 4 is 0 Å². The second-order valence-corrected chi connectivity index (χ2v) is 10.3. The van der Waals surface area contributed by atoms with Gasteiger partial charge >= 0.3 is 0 Å². The Bertz CT molecular complexity index is 682. The standard InChI is InChI=1S/C23H38N4O2/c1-2-3-10-26-13-18-11-20(21(12-19(18)14-26)29-16-17-6-7-17)27-15-22(24-25-27)23(28)8-4-5-9-23/h15,17-21,28H,2-14,16H2,1H3/t18-,19+,20-,21-/m1/s1. The van der Waals surface area contributed by atoms with Crippen molar-refractivity contribution in [3.63, 3.8) is 0 Å². The Balaban J connectivity index is 1.31.